The summed E-state index contributed by atoms with van der Waals surface area (Å²) in [6.45, 7) is 10.6. The number of ether oxygens (including phenoxy) is 11. The first kappa shape index (κ1) is 32.6. The number of carbonyl (C=O) groups excluding carboxylic acids is 1. The van der Waals surface area contributed by atoms with Crippen LogP contribution in [0.4, 0.5) is 0 Å². The summed E-state index contributed by atoms with van der Waals surface area (Å²) in [7, 11) is 3.01. The molecule has 4 heterocycles. The van der Waals surface area contributed by atoms with Gasteiger partial charge in [-0.2, -0.15) is 0 Å². The summed E-state index contributed by atoms with van der Waals surface area (Å²) < 4.78 is 66.3. The smallest absolute Gasteiger partial charge is 0.338 e. The fourth-order valence-corrected chi connectivity index (χ4v) is 5.97. The van der Waals surface area contributed by atoms with E-state index in [2.05, 4.69) is 0 Å². The van der Waals surface area contributed by atoms with Crippen LogP contribution in [0.2, 0.25) is 0 Å². The molecule has 0 radical (unpaired) electrons. The standard InChI is InChI=1S/C30H44O13/c1-28(2)36-15-18(39-28)20(23-24(27(33-7)34-8)43-30(5,6)42-23)38-26-19(31)22-21(40-29(3,4)41-22)17(37-26)14-35-25(32)16-12-10-9-11-13-16/h9-13,17-24,26-27,31H,14-15H2,1-8H3/t17?,18?,19-,20+,21-,22?,23-,24?,26-/m0/s1. The molecular formula is C30H44O13. The molecule has 4 unspecified atom stereocenters. The van der Waals surface area contributed by atoms with Gasteiger partial charge in [0.25, 0.3) is 0 Å². The number of carbonyl (C=O) groups is 1. The van der Waals surface area contributed by atoms with Gasteiger partial charge in [0, 0.05) is 14.2 Å². The number of esters is 1. The summed E-state index contributed by atoms with van der Waals surface area (Å²) in [6, 6.07) is 8.62. The van der Waals surface area contributed by atoms with E-state index in [1.807, 2.05) is 6.07 Å². The molecule has 4 aliphatic rings. The Kier molecular flexibility index (Phi) is 9.54. The van der Waals surface area contributed by atoms with Crippen LogP contribution in [0.5, 0.6) is 0 Å². The van der Waals surface area contributed by atoms with Crippen LogP contribution in [0.15, 0.2) is 30.3 Å². The lowest BCUT2D eigenvalue weighted by Gasteiger charge is -2.42. The quantitative estimate of drug-likeness (QED) is 0.305. The molecule has 0 bridgehead atoms. The normalized spacial score (nSPS) is 36.9. The number of methoxy groups -OCH3 is 2. The minimum atomic E-state index is -1.28. The van der Waals surface area contributed by atoms with Crippen molar-refractivity contribution in [3.63, 3.8) is 0 Å². The van der Waals surface area contributed by atoms with Crippen molar-refractivity contribution < 1.29 is 62.0 Å². The molecule has 1 aromatic carbocycles. The van der Waals surface area contributed by atoms with Crippen LogP contribution >= 0.6 is 0 Å². The Balaban J connectivity index is 1.41. The van der Waals surface area contributed by atoms with E-state index in [-0.39, 0.29) is 13.2 Å². The Hall–Kier alpha value is -1.75. The van der Waals surface area contributed by atoms with Crippen LogP contribution in [0, 0.1) is 0 Å². The van der Waals surface area contributed by atoms with Crippen molar-refractivity contribution >= 4 is 5.97 Å². The van der Waals surface area contributed by atoms with Crippen LogP contribution in [0.3, 0.4) is 0 Å². The van der Waals surface area contributed by atoms with Gasteiger partial charge in [-0.15, -0.1) is 0 Å². The number of fused-ring (bicyclic) bond motifs is 1. The van der Waals surface area contributed by atoms with Gasteiger partial charge in [0.15, 0.2) is 29.9 Å². The Morgan fingerprint density at radius 3 is 2.14 bits per heavy atom. The van der Waals surface area contributed by atoms with E-state index in [0.29, 0.717) is 5.56 Å². The van der Waals surface area contributed by atoms with Crippen molar-refractivity contribution in [2.75, 3.05) is 27.4 Å². The minimum Gasteiger partial charge on any atom is -0.459 e. The van der Waals surface area contributed by atoms with Crippen LogP contribution in [0.25, 0.3) is 0 Å². The Bertz CT molecular complexity index is 1090. The highest BCUT2D eigenvalue weighted by Crippen LogP contribution is 2.41. The molecule has 9 atom stereocenters. The minimum absolute atomic E-state index is 0.171. The molecule has 13 nitrogen and oxygen atoms in total. The molecular weight excluding hydrogens is 568 g/mol. The Morgan fingerprint density at radius 1 is 0.884 bits per heavy atom. The lowest BCUT2D eigenvalue weighted by molar-refractivity contribution is -0.315. The molecule has 43 heavy (non-hydrogen) atoms. The van der Waals surface area contributed by atoms with Crippen molar-refractivity contribution in [2.24, 2.45) is 0 Å². The first-order valence-corrected chi connectivity index (χ1v) is 14.5. The molecule has 0 amide bonds. The van der Waals surface area contributed by atoms with Gasteiger partial charge in [-0.25, -0.2) is 4.79 Å². The lowest BCUT2D eigenvalue weighted by Crippen LogP contribution is -2.61. The highest BCUT2D eigenvalue weighted by Gasteiger charge is 2.59. The van der Waals surface area contributed by atoms with Gasteiger partial charge in [-0.1, -0.05) is 18.2 Å². The lowest BCUT2D eigenvalue weighted by atomic mass is 9.98. The van der Waals surface area contributed by atoms with Crippen molar-refractivity contribution in [3.8, 4) is 0 Å². The van der Waals surface area contributed by atoms with Gasteiger partial charge in [0.2, 0.25) is 0 Å². The maximum atomic E-state index is 12.7. The van der Waals surface area contributed by atoms with Crippen molar-refractivity contribution in [1.29, 1.82) is 0 Å². The summed E-state index contributed by atoms with van der Waals surface area (Å²) in [5.74, 6) is -3.45. The fourth-order valence-electron chi connectivity index (χ4n) is 5.97. The van der Waals surface area contributed by atoms with E-state index < -0.39 is 84.7 Å². The van der Waals surface area contributed by atoms with Gasteiger partial charge in [0.1, 0.15) is 55.4 Å². The predicted octanol–water partition coefficient (Wildman–Crippen LogP) is 2.13. The van der Waals surface area contributed by atoms with Crippen LogP contribution in [0.1, 0.15) is 51.9 Å². The van der Waals surface area contributed by atoms with E-state index >= 15 is 0 Å². The van der Waals surface area contributed by atoms with Crippen molar-refractivity contribution in [2.45, 2.75) is 120 Å². The van der Waals surface area contributed by atoms with E-state index in [9.17, 15) is 9.90 Å². The average Bonchev–Trinajstić information content (AvgIpc) is 3.59. The van der Waals surface area contributed by atoms with E-state index in [1.165, 1.54) is 14.2 Å². The predicted molar refractivity (Wildman–Crippen MR) is 147 cm³/mol. The Labute approximate surface area is 251 Å². The second-order valence-corrected chi connectivity index (χ2v) is 12.4. The van der Waals surface area contributed by atoms with Crippen LogP contribution in [-0.4, -0.2) is 117 Å². The van der Waals surface area contributed by atoms with Gasteiger partial charge in [0.05, 0.1) is 12.2 Å². The number of aliphatic hydroxyl groups is 1. The highest BCUT2D eigenvalue weighted by atomic mass is 16.8. The molecule has 0 aliphatic carbocycles. The third-order valence-electron chi connectivity index (χ3n) is 7.75. The first-order chi connectivity index (χ1) is 20.2. The summed E-state index contributed by atoms with van der Waals surface area (Å²) in [4.78, 5) is 12.7. The zero-order chi connectivity index (χ0) is 31.2. The van der Waals surface area contributed by atoms with Crippen LogP contribution < -0.4 is 0 Å². The summed E-state index contributed by atoms with van der Waals surface area (Å²) in [5.41, 5.74) is 0.394. The zero-order valence-corrected chi connectivity index (χ0v) is 25.9. The molecule has 0 aromatic heterocycles. The van der Waals surface area contributed by atoms with Gasteiger partial charge in [-0.05, 0) is 53.7 Å². The topological polar surface area (TPSA) is 139 Å². The Morgan fingerprint density at radius 2 is 1.51 bits per heavy atom. The zero-order valence-electron chi connectivity index (χ0n) is 25.9. The number of hydrogen-bond donors (Lipinski definition) is 1. The monoisotopic (exact) mass is 612 g/mol. The molecule has 242 valence electrons. The van der Waals surface area contributed by atoms with Crippen molar-refractivity contribution in [1.82, 2.24) is 0 Å². The molecule has 4 saturated heterocycles. The van der Waals surface area contributed by atoms with E-state index in [4.69, 9.17) is 52.1 Å². The second kappa shape index (κ2) is 12.6. The maximum Gasteiger partial charge on any atom is 0.338 e. The van der Waals surface area contributed by atoms with E-state index in [1.54, 1.807) is 65.8 Å². The molecule has 0 saturated carbocycles. The van der Waals surface area contributed by atoms with Gasteiger partial charge >= 0.3 is 5.97 Å². The molecule has 1 aromatic rings. The molecule has 13 heteroatoms. The molecule has 5 rings (SSSR count). The second-order valence-electron chi connectivity index (χ2n) is 12.4. The first-order valence-electron chi connectivity index (χ1n) is 14.5. The third-order valence-corrected chi connectivity index (χ3v) is 7.75. The average molecular weight is 613 g/mol. The summed E-state index contributed by atoms with van der Waals surface area (Å²) in [5, 5.41) is 11.5. The maximum absolute atomic E-state index is 12.7. The molecule has 1 N–H and O–H groups in total. The number of aliphatic hydroxyl groups excluding tert-OH is 1. The highest BCUT2D eigenvalue weighted by molar-refractivity contribution is 5.89. The van der Waals surface area contributed by atoms with Crippen LogP contribution in [-0.2, 0) is 52.1 Å². The largest absolute Gasteiger partial charge is 0.459 e. The van der Waals surface area contributed by atoms with Crippen molar-refractivity contribution in [3.05, 3.63) is 35.9 Å². The van der Waals surface area contributed by atoms with Gasteiger partial charge < -0.3 is 57.2 Å². The SMILES string of the molecule is COC(OC)C1OC(C)(C)O[C@H]1[C@H](O[C@@H]1OC(COC(=O)c2ccccc2)[C@@H]2OC(C)(C)OC2[C@@H]1O)C1COC(C)(C)O1. The van der Waals surface area contributed by atoms with E-state index in [0.717, 1.165) is 0 Å². The molecule has 4 fully saturated rings. The molecule has 0 spiro atoms. The summed E-state index contributed by atoms with van der Waals surface area (Å²) in [6.07, 6.45) is -8.79. The van der Waals surface area contributed by atoms with Gasteiger partial charge in [-0.3, -0.25) is 0 Å². The number of benzene rings is 1. The number of hydrogen-bond acceptors (Lipinski definition) is 13. The molecule has 4 aliphatic heterocycles. The summed E-state index contributed by atoms with van der Waals surface area (Å²) >= 11 is 0. The third kappa shape index (κ3) is 7.23. The number of rotatable bonds is 10. The fraction of sp³-hybridized carbons (Fsp3) is 0.767.